The van der Waals surface area contributed by atoms with E-state index in [-0.39, 0.29) is 6.04 Å². The monoisotopic (exact) mass is 177 g/mol. The number of imidazole rings is 1. The van der Waals surface area contributed by atoms with Crippen LogP contribution in [0.2, 0.25) is 0 Å². The number of hydrogen-bond acceptors (Lipinski definition) is 2. The van der Waals surface area contributed by atoms with Gasteiger partial charge in [-0.15, -0.1) is 12.3 Å². The van der Waals surface area contributed by atoms with Crippen molar-refractivity contribution in [2.75, 3.05) is 6.54 Å². The summed E-state index contributed by atoms with van der Waals surface area (Å²) in [5.41, 5.74) is 1.14. The molecule has 3 nitrogen and oxygen atoms in total. The first-order valence-corrected chi connectivity index (χ1v) is 4.42. The van der Waals surface area contributed by atoms with Gasteiger partial charge in [-0.25, -0.2) is 4.98 Å². The highest BCUT2D eigenvalue weighted by atomic mass is 15.1. The number of nitrogens with one attached hydrogen (secondary N) is 1. The number of nitrogens with zero attached hydrogens (tertiary/aromatic N) is 2. The minimum atomic E-state index is 0.225. The molecule has 13 heavy (non-hydrogen) atoms. The zero-order valence-corrected chi connectivity index (χ0v) is 8.12. The summed E-state index contributed by atoms with van der Waals surface area (Å²) in [5.74, 6) is 2.66. The lowest BCUT2D eigenvalue weighted by atomic mass is 10.1. The third kappa shape index (κ3) is 2.33. The van der Waals surface area contributed by atoms with Crippen molar-refractivity contribution < 1.29 is 0 Å². The van der Waals surface area contributed by atoms with Crippen molar-refractivity contribution in [2.24, 2.45) is 7.05 Å². The predicted molar refractivity (Wildman–Crippen MR) is 53.1 cm³/mol. The highest BCUT2D eigenvalue weighted by Crippen LogP contribution is 2.14. The lowest BCUT2D eigenvalue weighted by Crippen LogP contribution is -2.22. The third-order valence-electron chi connectivity index (χ3n) is 1.98. The van der Waals surface area contributed by atoms with Crippen molar-refractivity contribution in [1.29, 1.82) is 0 Å². The van der Waals surface area contributed by atoms with Crippen molar-refractivity contribution in [1.82, 2.24) is 14.9 Å². The zero-order valence-electron chi connectivity index (χ0n) is 8.12. The molecule has 0 aliphatic heterocycles. The van der Waals surface area contributed by atoms with Crippen molar-refractivity contribution in [3.05, 3.63) is 18.2 Å². The molecule has 1 rings (SSSR count). The summed E-state index contributed by atoms with van der Waals surface area (Å²) in [5, 5.41) is 3.32. The highest BCUT2D eigenvalue weighted by molar-refractivity contribution is 5.08. The normalized spacial score (nSPS) is 12.4. The second-order valence-electron chi connectivity index (χ2n) is 2.95. The summed E-state index contributed by atoms with van der Waals surface area (Å²) in [6.07, 6.45) is 9.64. The first-order chi connectivity index (χ1) is 6.29. The molecule has 3 heteroatoms. The molecule has 1 aromatic heterocycles. The standard InChI is InChI=1S/C10H15N3/c1-4-6-9(12-5-2)10-7-11-8-13(10)3/h1,7-9,12H,5-6H2,2-3H3. The Bertz CT molecular complexity index is 295. The second-order valence-corrected chi connectivity index (χ2v) is 2.95. The van der Waals surface area contributed by atoms with Crippen molar-refractivity contribution in [3.63, 3.8) is 0 Å². The highest BCUT2D eigenvalue weighted by Gasteiger charge is 2.11. The van der Waals surface area contributed by atoms with Gasteiger partial charge in [-0.2, -0.15) is 0 Å². The molecule has 0 spiro atoms. The van der Waals surface area contributed by atoms with Gasteiger partial charge < -0.3 is 9.88 Å². The molecule has 1 atom stereocenters. The second kappa shape index (κ2) is 4.68. The fourth-order valence-corrected chi connectivity index (χ4v) is 1.35. The average Bonchev–Trinajstić information content (AvgIpc) is 2.51. The smallest absolute Gasteiger partial charge is 0.0946 e. The van der Waals surface area contributed by atoms with Gasteiger partial charge in [-0.3, -0.25) is 0 Å². The van der Waals surface area contributed by atoms with Gasteiger partial charge in [0.25, 0.3) is 0 Å². The van der Waals surface area contributed by atoms with Gasteiger partial charge >= 0.3 is 0 Å². The Morgan fingerprint density at radius 3 is 3.00 bits per heavy atom. The van der Waals surface area contributed by atoms with Gasteiger partial charge in [0.05, 0.1) is 18.1 Å². The average molecular weight is 177 g/mol. The van der Waals surface area contributed by atoms with E-state index >= 15 is 0 Å². The Balaban J connectivity index is 2.76. The minimum Gasteiger partial charge on any atom is -0.336 e. The van der Waals surface area contributed by atoms with Gasteiger partial charge in [-0.05, 0) is 6.54 Å². The van der Waals surface area contributed by atoms with E-state index in [0.717, 1.165) is 12.2 Å². The molecule has 0 saturated heterocycles. The molecule has 0 radical (unpaired) electrons. The number of aromatic nitrogens is 2. The Morgan fingerprint density at radius 2 is 2.54 bits per heavy atom. The number of rotatable bonds is 4. The molecule has 0 aliphatic rings. The predicted octanol–water partition coefficient (Wildman–Crippen LogP) is 1.09. The Morgan fingerprint density at radius 1 is 1.77 bits per heavy atom. The van der Waals surface area contributed by atoms with E-state index in [1.807, 2.05) is 17.8 Å². The summed E-state index contributed by atoms with van der Waals surface area (Å²) in [6, 6.07) is 0.225. The summed E-state index contributed by atoms with van der Waals surface area (Å²) < 4.78 is 1.99. The summed E-state index contributed by atoms with van der Waals surface area (Å²) in [4.78, 5) is 4.06. The van der Waals surface area contributed by atoms with Crippen LogP contribution in [0.15, 0.2) is 12.5 Å². The van der Waals surface area contributed by atoms with Crippen LogP contribution in [0.5, 0.6) is 0 Å². The summed E-state index contributed by atoms with van der Waals surface area (Å²) in [7, 11) is 1.98. The Hall–Kier alpha value is -1.27. The van der Waals surface area contributed by atoms with E-state index in [4.69, 9.17) is 6.42 Å². The Labute approximate surface area is 79.2 Å². The van der Waals surface area contributed by atoms with Gasteiger partial charge in [0.2, 0.25) is 0 Å². The topological polar surface area (TPSA) is 29.9 Å². The fourth-order valence-electron chi connectivity index (χ4n) is 1.35. The van der Waals surface area contributed by atoms with E-state index in [0.29, 0.717) is 6.42 Å². The first-order valence-electron chi connectivity index (χ1n) is 4.42. The largest absolute Gasteiger partial charge is 0.336 e. The van der Waals surface area contributed by atoms with E-state index in [1.54, 1.807) is 6.33 Å². The molecule has 0 saturated carbocycles. The maximum atomic E-state index is 5.30. The van der Waals surface area contributed by atoms with Crippen LogP contribution in [0, 0.1) is 12.3 Å². The van der Waals surface area contributed by atoms with Crippen LogP contribution in [0.25, 0.3) is 0 Å². The molecule has 1 unspecified atom stereocenters. The van der Waals surface area contributed by atoms with Gasteiger partial charge in [0.1, 0.15) is 0 Å². The SMILES string of the molecule is C#CCC(NCC)c1cncn1C. The molecular weight excluding hydrogens is 162 g/mol. The maximum absolute atomic E-state index is 5.30. The molecule has 1 heterocycles. The lowest BCUT2D eigenvalue weighted by molar-refractivity contribution is 0.534. The molecular formula is C10H15N3. The maximum Gasteiger partial charge on any atom is 0.0946 e. The van der Waals surface area contributed by atoms with Crippen molar-refractivity contribution in [3.8, 4) is 12.3 Å². The van der Waals surface area contributed by atoms with E-state index in [1.165, 1.54) is 0 Å². The van der Waals surface area contributed by atoms with Crippen LogP contribution in [-0.4, -0.2) is 16.1 Å². The quantitative estimate of drug-likeness (QED) is 0.698. The van der Waals surface area contributed by atoms with E-state index in [2.05, 4.69) is 23.1 Å². The first kappa shape index (κ1) is 9.82. The van der Waals surface area contributed by atoms with Gasteiger partial charge in [0, 0.05) is 19.7 Å². The van der Waals surface area contributed by atoms with Crippen LogP contribution in [0.3, 0.4) is 0 Å². The van der Waals surface area contributed by atoms with E-state index < -0.39 is 0 Å². The third-order valence-corrected chi connectivity index (χ3v) is 1.98. The number of hydrogen-bond donors (Lipinski definition) is 1. The van der Waals surface area contributed by atoms with Gasteiger partial charge in [-0.1, -0.05) is 6.92 Å². The molecule has 1 aromatic rings. The van der Waals surface area contributed by atoms with Crippen LogP contribution in [0.1, 0.15) is 25.1 Å². The Kier molecular flexibility index (Phi) is 3.53. The van der Waals surface area contributed by atoms with Crippen LogP contribution in [-0.2, 0) is 7.05 Å². The minimum absolute atomic E-state index is 0.225. The van der Waals surface area contributed by atoms with Crippen LogP contribution < -0.4 is 5.32 Å². The molecule has 70 valence electrons. The van der Waals surface area contributed by atoms with E-state index in [9.17, 15) is 0 Å². The molecule has 0 aliphatic carbocycles. The molecule has 1 N–H and O–H groups in total. The van der Waals surface area contributed by atoms with Crippen molar-refractivity contribution in [2.45, 2.75) is 19.4 Å². The van der Waals surface area contributed by atoms with Crippen LogP contribution >= 0.6 is 0 Å². The van der Waals surface area contributed by atoms with Crippen LogP contribution in [0.4, 0.5) is 0 Å². The van der Waals surface area contributed by atoms with Gasteiger partial charge in [0.15, 0.2) is 0 Å². The number of terminal acetylenes is 1. The molecule has 0 bridgehead atoms. The number of aryl methyl sites for hydroxylation is 1. The molecule has 0 fully saturated rings. The summed E-state index contributed by atoms with van der Waals surface area (Å²) >= 11 is 0. The molecule has 0 aromatic carbocycles. The van der Waals surface area contributed by atoms with Crippen molar-refractivity contribution >= 4 is 0 Å². The molecule has 0 amide bonds. The lowest BCUT2D eigenvalue weighted by Gasteiger charge is -2.15. The fraction of sp³-hybridized carbons (Fsp3) is 0.500. The zero-order chi connectivity index (χ0) is 9.68. The summed E-state index contributed by atoms with van der Waals surface area (Å²) in [6.45, 7) is 2.98.